The molecule has 94 valence electrons. The van der Waals surface area contributed by atoms with E-state index in [2.05, 4.69) is 16.4 Å². The summed E-state index contributed by atoms with van der Waals surface area (Å²) < 4.78 is 0. The Bertz CT molecular complexity index is 444. The molecule has 1 aromatic rings. The number of carbonyl (C=O) groups excluding carboxylic acids is 1. The molecule has 1 heterocycles. The molecule has 4 nitrogen and oxygen atoms in total. The maximum absolute atomic E-state index is 11.9. The molecule has 0 radical (unpaired) electrons. The van der Waals surface area contributed by atoms with Crippen LogP contribution in [0.4, 0.5) is 0 Å². The van der Waals surface area contributed by atoms with Crippen LogP contribution in [0.2, 0.25) is 0 Å². The van der Waals surface area contributed by atoms with Crippen LogP contribution in [-0.4, -0.2) is 16.4 Å². The topological polar surface area (TPSA) is 65.8 Å². The highest BCUT2D eigenvalue weighted by Gasteiger charge is 2.35. The lowest BCUT2D eigenvalue weighted by atomic mass is 9.99. The lowest BCUT2D eigenvalue weighted by Crippen LogP contribution is -2.45. The fourth-order valence-electron chi connectivity index (χ4n) is 2.38. The quantitative estimate of drug-likeness (QED) is 0.879. The van der Waals surface area contributed by atoms with Gasteiger partial charge in [0, 0.05) is 18.8 Å². The van der Waals surface area contributed by atoms with E-state index >= 15 is 0 Å². The van der Waals surface area contributed by atoms with E-state index in [1.165, 1.54) is 0 Å². The molecule has 0 bridgehead atoms. The fourth-order valence-corrected chi connectivity index (χ4v) is 2.38. The Balaban J connectivity index is 1.84. The molecule has 1 amide bonds. The highest BCUT2D eigenvalue weighted by Crippen LogP contribution is 2.28. The van der Waals surface area contributed by atoms with Crippen molar-refractivity contribution >= 4 is 5.91 Å². The van der Waals surface area contributed by atoms with Gasteiger partial charge in [0.2, 0.25) is 5.91 Å². The first-order chi connectivity index (χ1) is 8.74. The summed E-state index contributed by atoms with van der Waals surface area (Å²) in [6.45, 7) is 0. The van der Waals surface area contributed by atoms with Gasteiger partial charge in [-0.15, -0.1) is 0 Å². The van der Waals surface area contributed by atoms with Crippen molar-refractivity contribution in [3.05, 3.63) is 30.1 Å². The molecular weight excluding hydrogens is 226 g/mol. The molecule has 0 saturated heterocycles. The summed E-state index contributed by atoms with van der Waals surface area (Å²) in [7, 11) is 0. The molecule has 0 unspecified atom stereocenters. The van der Waals surface area contributed by atoms with Crippen LogP contribution in [0.5, 0.6) is 0 Å². The van der Waals surface area contributed by atoms with Gasteiger partial charge in [-0.1, -0.05) is 6.07 Å². The van der Waals surface area contributed by atoms with E-state index in [0.717, 1.165) is 31.2 Å². The second-order valence-corrected chi connectivity index (χ2v) is 4.81. The summed E-state index contributed by atoms with van der Waals surface area (Å²) >= 11 is 0. The minimum absolute atomic E-state index is 0.0395. The average molecular weight is 243 g/mol. The molecule has 1 fully saturated rings. The van der Waals surface area contributed by atoms with Gasteiger partial charge in [-0.25, -0.2) is 0 Å². The van der Waals surface area contributed by atoms with Crippen LogP contribution in [0.3, 0.4) is 0 Å². The summed E-state index contributed by atoms with van der Waals surface area (Å²) in [6, 6.07) is 6.08. The summed E-state index contributed by atoms with van der Waals surface area (Å²) in [5, 5.41) is 12.1. The molecule has 1 N–H and O–H groups in total. The zero-order valence-corrected chi connectivity index (χ0v) is 10.4. The van der Waals surface area contributed by atoms with Crippen LogP contribution in [0.15, 0.2) is 24.5 Å². The van der Waals surface area contributed by atoms with Gasteiger partial charge >= 0.3 is 0 Å². The van der Waals surface area contributed by atoms with E-state index < -0.39 is 5.54 Å². The Labute approximate surface area is 107 Å². The molecular formula is C14H17N3O. The molecule has 0 aliphatic heterocycles. The Morgan fingerprint density at radius 2 is 2.28 bits per heavy atom. The van der Waals surface area contributed by atoms with Crippen LogP contribution in [0, 0.1) is 11.3 Å². The van der Waals surface area contributed by atoms with Gasteiger partial charge in [-0.05, 0) is 43.7 Å². The molecule has 2 rings (SSSR count). The van der Waals surface area contributed by atoms with Gasteiger partial charge in [0.05, 0.1) is 6.07 Å². The van der Waals surface area contributed by atoms with Crippen molar-refractivity contribution in [1.82, 2.24) is 10.3 Å². The number of nitriles is 1. The van der Waals surface area contributed by atoms with Crippen LogP contribution in [-0.2, 0) is 11.2 Å². The highest BCUT2D eigenvalue weighted by atomic mass is 16.1. The molecule has 1 aromatic heterocycles. The van der Waals surface area contributed by atoms with Crippen molar-refractivity contribution < 1.29 is 4.79 Å². The van der Waals surface area contributed by atoms with E-state index in [9.17, 15) is 10.1 Å². The smallest absolute Gasteiger partial charge is 0.221 e. The van der Waals surface area contributed by atoms with E-state index in [-0.39, 0.29) is 5.91 Å². The second kappa shape index (κ2) is 5.63. The molecule has 4 heteroatoms. The summed E-state index contributed by atoms with van der Waals surface area (Å²) in [5.41, 5.74) is 0.441. The maximum Gasteiger partial charge on any atom is 0.221 e. The van der Waals surface area contributed by atoms with Gasteiger partial charge < -0.3 is 5.32 Å². The number of nitrogens with one attached hydrogen (secondary N) is 1. The van der Waals surface area contributed by atoms with Gasteiger partial charge in [0.25, 0.3) is 0 Å². The van der Waals surface area contributed by atoms with Gasteiger partial charge in [-0.2, -0.15) is 5.26 Å². The number of aryl methyl sites for hydroxylation is 1. The number of hydrogen-bond donors (Lipinski definition) is 1. The predicted octanol–water partition coefficient (Wildman–Crippen LogP) is 1.97. The third-order valence-electron chi connectivity index (χ3n) is 3.41. The van der Waals surface area contributed by atoms with Crippen molar-refractivity contribution in [2.75, 3.05) is 0 Å². The van der Waals surface area contributed by atoms with Gasteiger partial charge in [-0.3, -0.25) is 9.78 Å². The van der Waals surface area contributed by atoms with Crippen LogP contribution < -0.4 is 5.32 Å². The number of aromatic nitrogens is 1. The number of amides is 1. The normalized spacial score (nSPS) is 17.1. The molecule has 18 heavy (non-hydrogen) atoms. The predicted molar refractivity (Wildman–Crippen MR) is 67.5 cm³/mol. The third kappa shape index (κ3) is 3.07. The van der Waals surface area contributed by atoms with Crippen molar-refractivity contribution in [2.45, 2.75) is 44.1 Å². The van der Waals surface area contributed by atoms with Crippen LogP contribution in [0.25, 0.3) is 0 Å². The largest absolute Gasteiger partial charge is 0.338 e. The van der Waals surface area contributed by atoms with Crippen LogP contribution in [0.1, 0.15) is 37.7 Å². The van der Waals surface area contributed by atoms with Gasteiger partial charge in [0.1, 0.15) is 5.54 Å². The van der Waals surface area contributed by atoms with Crippen molar-refractivity contribution in [1.29, 1.82) is 5.26 Å². The van der Waals surface area contributed by atoms with Gasteiger partial charge in [0.15, 0.2) is 0 Å². The average Bonchev–Trinajstić information content (AvgIpc) is 2.87. The first kappa shape index (κ1) is 12.6. The zero-order valence-electron chi connectivity index (χ0n) is 10.4. The van der Waals surface area contributed by atoms with Crippen molar-refractivity contribution in [3.63, 3.8) is 0 Å². The summed E-state index contributed by atoms with van der Waals surface area (Å²) in [5.74, 6) is -0.0395. The van der Waals surface area contributed by atoms with Crippen LogP contribution >= 0.6 is 0 Å². The Morgan fingerprint density at radius 1 is 1.50 bits per heavy atom. The maximum atomic E-state index is 11.9. The number of rotatable bonds is 4. The van der Waals surface area contributed by atoms with Crippen molar-refractivity contribution in [3.8, 4) is 6.07 Å². The fraction of sp³-hybridized carbons (Fsp3) is 0.500. The standard InChI is InChI=1S/C14H17N3O/c15-11-14(7-1-2-8-14)17-13(18)6-5-12-4-3-9-16-10-12/h3-4,9-10H,1-2,5-8H2,(H,17,18). The second-order valence-electron chi connectivity index (χ2n) is 4.81. The van der Waals surface area contributed by atoms with E-state index in [1.54, 1.807) is 12.4 Å². The number of nitrogens with zero attached hydrogens (tertiary/aromatic N) is 2. The Morgan fingerprint density at radius 3 is 2.89 bits per heavy atom. The van der Waals surface area contributed by atoms with Crippen molar-refractivity contribution in [2.24, 2.45) is 0 Å². The minimum Gasteiger partial charge on any atom is -0.338 e. The lowest BCUT2D eigenvalue weighted by Gasteiger charge is -2.21. The molecule has 0 spiro atoms. The number of hydrogen-bond acceptors (Lipinski definition) is 3. The zero-order chi connectivity index (χ0) is 12.8. The molecule has 1 saturated carbocycles. The van der Waals surface area contributed by atoms with E-state index in [0.29, 0.717) is 12.8 Å². The first-order valence-corrected chi connectivity index (χ1v) is 6.35. The third-order valence-corrected chi connectivity index (χ3v) is 3.41. The lowest BCUT2D eigenvalue weighted by molar-refractivity contribution is -0.122. The first-order valence-electron chi connectivity index (χ1n) is 6.35. The molecule has 1 aliphatic carbocycles. The molecule has 1 aliphatic rings. The van der Waals surface area contributed by atoms with E-state index in [1.807, 2.05) is 12.1 Å². The van der Waals surface area contributed by atoms with E-state index in [4.69, 9.17) is 0 Å². The Hall–Kier alpha value is -1.89. The monoisotopic (exact) mass is 243 g/mol. The SMILES string of the molecule is N#CC1(NC(=O)CCc2cccnc2)CCCC1. The highest BCUT2D eigenvalue weighted by molar-refractivity contribution is 5.77. The molecule has 0 aromatic carbocycles. The Kier molecular flexibility index (Phi) is 3.93. The molecule has 0 atom stereocenters. The minimum atomic E-state index is -0.605. The summed E-state index contributed by atoms with van der Waals surface area (Å²) in [4.78, 5) is 15.9. The summed E-state index contributed by atoms with van der Waals surface area (Å²) in [6.07, 6.45) is 8.17. The number of carbonyl (C=O) groups is 1. The number of pyridine rings is 1.